The van der Waals surface area contributed by atoms with Crippen molar-refractivity contribution in [3.63, 3.8) is 0 Å². The molecule has 3 rings (SSSR count). The maximum atomic E-state index is 10.1. The summed E-state index contributed by atoms with van der Waals surface area (Å²) in [6, 6.07) is 1.89. The van der Waals surface area contributed by atoms with Crippen LogP contribution in [0.25, 0.3) is 5.78 Å². The highest BCUT2D eigenvalue weighted by Crippen LogP contribution is 2.26. The van der Waals surface area contributed by atoms with E-state index in [4.69, 9.17) is 0 Å². The Balaban J connectivity index is 1.64. The van der Waals surface area contributed by atoms with Gasteiger partial charge in [-0.15, -0.1) is 0 Å². The fourth-order valence-electron chi connectivity index (χ4n) is 2.71. The quantitative estimate of drug-likeness (QED) is 0.877. The monoisotopic (exact) mass is 246 g/mol. The molecule has 2 aromatic rings. The van der Waals surface area contributed by atoms with Crippen LogP contribution >= 0.6 is 0 Å². The average molecular weight is 246 g/mol. The van der Waals surface area contributed by atoms with E-state index < -0.39 is 5.60 Å². The number of aliphatic hydroxyl groups is 1. The summed E-state index contributed by atoms with van der Waals surface area (Å²) in [6.07, 6.45) is 7.61. The molecule has 0 saturated carbocycles. The Kier molecular flexibility index (Phi) is 2.80. The summed E-state index contributed by atoms with van der Waals surface area (Å²) in [5.41, 5.74) is 0.541. The first-order valence-corrected chi connectivity index (χ1v) is 6.42. The van der Waals surface area contributed by atoms with Crippen LogP contribution in [0, 0.1) is 0 Å². The molecule has 0 aliphatic carbocycles. The zero-order valence-electron chi connectivity index (χ0n) is 10.6. The lowest BCUT2D eigenvalue weighted by atomic mass is 9.89. The van der Waals surface area contributed by atoms with Gasteiger partial charge in [0.1, 0.15) is 0 Å². The Hall–Kier alpha value is -1.46. The molecule has 0 spiro atoms. The maximum Gasteiger partial charge on any atom is 0.233 e. The molecule has 0 bridgehead atoms. The molecule has 3 heterocycles. The van der Waals surface area contributed by atoms with Gasteiger partial charge in [0.15, 0.2) is 0 Å². The molecule has 18 heavy (non-hydrogen) atoms. The van der Waals surface area contributed by atoms with Gasteiger partial charge in [-0.25, -0.2) is 9.97 Å². The zero-order chi connectivity index (χ0) is 12.6. The molecule has 0 radical (unpaired) electrons. The van der Waals surface area contributed by atoms with Crippen LogP contribution in [0.4, 0.5) is 0 Å². The van der Waals surface area contributed by atoms with Crippen molar-refractivity contribution in [1.29, 1.82) is 0 Å². The summed E-state index contributed by atoms with van der Waals surface area (Å²) in [4.78, 5) is 10.9. The fraction of sp³-hybridized carbons (Fsp3) is 0.538. The normalized spacial score (nSPS) is 19.0. The lowest BCUT2D eigenvalue weighted by Crippen LogP contribution is -2.60. The number of imidazole rings is 1. The topological polar surface area (TPSA) is 53.7 Å². The van der Waals surface area contributed by atoms with Gasteiger partial charge in [-0.3, -0.25) is 9.30 Å². The molecule has 0 unspecified atom stereocenters. The molecule has 1 N–H and O–H groups in total. The Labute approximate surface area is 106 Å². The number of fused-ring (bicyclic) bond motifs is 1. The highest BCUT2D eigenvalue weighted by molar-refractivity contribution is 5.29. The van der Waals surface area contributed by atoms with Gasteiger partial charge >= 0.3 is 0 Å². The van der Waals surface area contributed by atoms with Gasteiger partial charge < -0.3 is 5.11 Å². The molecule has 1 fully saturated rings. The minimum Gasteiger partial charge on any atom is -0.387 e. The second-order valence-corrected chi connectivity index (χ2v) is 5.18. The van der Waals surface area contributed by atoms with Crippen LogP contribution in [-0.4, -0.2) is 43.1 Å². The zero-order valence-corrected chi connectivity index (χ0v) is 10.6. The van der Waals surface area contributed by atoms with E-state index in [9.17, 15) is 5.11 Å². The third kappa shape index (κ3) is 2.11. The number of hydrogen-bond donors (Lipinski definition) is 1. The number of β-amino-alcohol motifs (C(OH)–C–C–N with tert-alkyl or cyclic N) is 1. The SMILES string of the molecule is CCCC1(O)CN(Cc2cn3cccnc3n2)C1. The van der Waals surface area contributed by atoms with E-state index in [-0.39, 0.29) is 0 Å². The molecular formula is C13H18N4O. The lowest BCUT2D eigenvalue weighted by Gasteiger charge is -2.46. The fourth-order valence-corrected chi connectivity index (χ4v) is 2.71. The van der Waals surface area contributed by atoms with E-state index >= 15 is 0 Å². The summed E-state index contributed by atoms with van der Waals surface area (Å²) >= 11 is 0. The molecule has 0 atom stereocenters. The molecule has 0 aromatic carbocycles. The van der Waals surface area contributed by atoms with Crippen LogP contribution in [0.1, 0.15) is 25.5 Å². The Morgan fingerprint density at radius 1 is 1.44 bits per heavy atom. The first-order valence-electron chi connectivity index (χ1n) is 6.42. The standard InChI is InChI=1S/C13H18N4O/c1-2-4-13(18)9-16(10-13)7-11-8-17-6-3-5-14-12(17)15-11/h3,5-6,8,18H,2,4,7,9-10H2,1H3. The number of nitrogens with zero attached hydrogens (tertiary/aromatic N) is 4. The number of aromatic nitrogens is 3. The van der Waals surface area contributed by atoms with Gasteiger partial charge in [0.2, 0.25) is 5.78 Å². The van der Waals surface area contributed by atoms with E-state index in [0.717, 1.165) is 43.9 Å². The van der Waals surface area contributed by atoms with Gasteiger partial charge in [-0.1, -0.05) is 13.3 Å². The summed E-state index contributed by atoms with van der Waals surface area (Å²) in [6.45, 7) is 4.40. The minimum absolute atomic E-state index is 0.466. The van der Waals surface area contributed by atoms with Crippen LogP contribution in [0.5, 0.6) is 0 Å². The molecule has 5 nitrogen and oxygen atoms in total. The predicted molar refractivity (Wildman–Crippen MR) is 68.1 cm³/mol. The predicted octanol–water partition coefficient (Wildman–Crippen LogP) is 1.08. The molecule has 1 aliphatic heterocycles. The van der Waals surface area contributed by atoms with Gasteiger partial charge in [0.05, 0.1) is 11.3 Å². The highest BCUT2D eigenvalue weighted by Gasteiger charge is 2.40. The Morgan fingerprint density at radius 3 is 3.00 bits per heavy atom. The summed E-state index contributed by atoms with van der Waals surface area (Å²) in [7, 11) is 0. The third-order valence-electron chi connectivity index (χ3n) is 3.42. The second kappa shape index (κ2) is 4.33. The molecular weight excluding hydrogens is 228 g/mol. The van der Waals surface area contributed by atoms with Gasteiger partial charge in [-0.05, 0) is 12.5 Å². The van der Waals surface area contributed by atoms with Crippen LogP contribution in [0.3, 0.4) is 0 Å². The van der Waals surface area contributed by atoms with Crippen molar-refractivity contribution in [2.45, 2.75) is 31.9 Å². The van der Waals surface area contributed by atoms with Crippen molar-refractivity contribution in [1.82, 2.24) is 19.3 Å². The first kappa shape index (κ1) is 11.6. The molecule has 0 amide bonds. The average Bonchev–Trinajstić information content (AvgIpc) is 2.69. The van der Waals surface area contributed by atoms with Crippen molar-refractivity contribution < 1.29 is 5.11 Å². The summed E-state index contributed by atoms with van der Waals surface area (Å²) in [5.74, 6) is 0.733. The van der Waals surface area contributed by atoms with Crippen molar-refractivity contribution in [3.8, 4) is 0 Å². The number of likely N-dealkylation sites (tertiary alicyclic amines) is 1. The van der Waals surface area contributed by atoms with E-state index in [1.807, 2.05) is 22.9 Å². The van der Waals surface area contributed by atoms with E-state index in [2.05, 4.69) is 21.8 Å². The first-order chi connectivity index (χ1) is 8.68. The van der Waals surface area contributed by atoms with Crippen LogP contribution < -0.4 is 0 Å². The van der Waals surface area contributed by atoms with Gasteiger partial charge in [-0.2, -0.15) is 0 Å². The molecule has 5 heteroatoms. The number of hydrogen-bond acceptors (Lipinski definition) is 4. The molecule has 2 aromatic heterocycles. The van der Waals surface area contributed by atoms with Crippen LogP contribution in [0.15, 0.2) is 24.7 Å². The molecule has 1 aliphatic rings. The molecule has 96 valence electrons. The van der Waals surface area contributed by atoms with E-state index in [1.165, 1.54) is 0 Å². The molecule has 1 saturated heterocycles. The van der Waals surface area contributed by atoms with Gasteiger partial charge in [0.25, 0.3) is 0 Å². The van der Waals surface area contributed by atoms with E-state index in [0.29, 0.717) is 0 Å². The largest absolute Gasteiger partial charge is 0.387 e. The van der Waals surface area contributed by atoms with E-state index in [1.54, 1.807) is 6.20 Å². The summed E-state index contributed by atoms with van der Waals surface area (Å²) < 4.78 is 1.92. The number of rotatable bonds is 4. The minimum atomic E-state index is -0.466. The van der Waals surface area contributed by atoms with Crippen molar-refractivity contribution in [2.75, 3.05) is 13.1 Å². The smallest absolute Gasteiger partial charge is 0.233 e. The Bertz CT molecular complexity index is 512. The van der Waals surface area contributed by atoms with Crippen LogP contribution in [-0.2, 0) is 6.54 Å². The third-order valence-corrected chi connectivity index (χ3v) is 3.42. The maximum absolute atomic E-state index is 10.1. The van der Waals surface area contributed by atoms with Crippen molar-refractivity contribution in [3.05, 3.63) is 30.4 Å². The highest BCUT2D eigenvalue weighted by atomic mass is 16.3. The van der Waals surface area contributed by atoms with Gasteiger partial charge in [0, 0.05) is 38.2 Å². The Morgan fingerprint density at radius 2 is 2.28 bits per heavy atom. The summed E-state index contributed by atoms with van der Waals surface area (Å²) in [5, 5.41) is 10.1. The lowest BCUT2D eigenvalue weighted by molar-refractivity contribution is -0.107. The van der Waals surface area contributed by atoms with Crippen LogP contribution in [0.2, 0.25) is 0 Å². The van der Waals surface area contributed by atoms with Crippen molar-refractivity contribution >= 4 is 5.78 Å². The van der Waals surface area contributed by atoms with Crippen molar-refractivity contribution in [2.24, 2.45) is 0 Å². The second-order valence-electron chi connectivity index (χ2n) is 5.18.